The number of aliphatic hydroxyl groups is 2. The molecule has 3 heterocycles. The van der Waals surface area contributed by atoms with Crippen LogP contribution in [0.15, 0.2) is 85.5 Å². The summed E-state index contributed by atoms with van der Waals surface area (Å²) >= 11 is 0. The first-order valence-corrected chi connectivity index (χ1v) is 17.6. The molecule has 54 heavy (non-hydrogen) atoms. The van der Waals surface area contributed by atoms with E-state index in [1.165, 1.54) is 34.6 Å². The highest BCUT2D eigenvalue weighted by molar-refractivity contribution is 5.77. The molecule has 4 aromatic rings. The van der Waals surface area contributed by atoms with Crippen molar-refractivity contribution < 1.29 is 34.1 Å². The van der Waals surface area contributed by atoms with E-state index in [1.54, 1.807) is 41.5 Å². The van der Waals surface area contributed by atoms with Gasteiger partial charge in [0.15, 0.2) is 0 Å². The summed E-state index contributed by atoms with van der Waals surface area (Å²) in [6.07, 6.45) is 2.17. The summed E-state index contributed by atoms with van der Waals surface area (Å²) in [7, 11) is 0. The van der Waals surface area contributed by atoms with Gasteiger partial charge >= 0.3 is 18.2 Å². The zero-order valence-corrected chi connectivity index (χ0v) is 31.3. The molecule has 4 atom stereocenters. The van der Waals surface area contributed by atoms with Crippen LogP contribution in [0.2, 0.25) is 0 Å². The lowest BCUT2D eigenvalue weighted by atomic mass is 9.91. The van der Waals surface area contributed by atoms with Gasteiger partial charge in [-0.25, -0.2) is 14.4 Å². The summed E-state index contributed by atoms with van der Waals surface area (Å²) in [4.78, 5) is 42.6. The van der Waals surface area contributed by atoms with Gasteiger partial charge in [0.1, 0.15) is 23.4 Å². The van der Waals surface area contributed by atoms with Crippen LogP contribution in [-0.4, -0.2) is 106 Å². The van der Waals surface area contributed by atoms with Crippen molar-refractivity contribution in [2.24, 2.45) is 0 Å². The number of amides is 2. The molecule has 0 bridgehead atoms. The Hall–Kier alpha value is -5.89. The highest BCUT2D eigenvalue weighted by Crippen LogP contribution is 2.27. The number of ether oxygens (including phenoxy) is 2. The minimum absolute atomic E-state index is 0.123. The lowest BCUT2D eigenvalue weighted by Gasteiger charge is -2.33. The number of carbonyl (C=O) groups excluding carboxylic acids is 3. The monoisotopic (exact) mass is 734 g/mol. The smallest absolute Gasteiger partial charge is 0.435 e. The summed E-state index contributed by atoms with van der Waals surface area (Å²) in [5.41, 5.74) is 1.12. The number of nitrogens with zero attached hydrogens (tertiary/aromatic N) is 6. The fourth-order valence-electron chi connectivity index (χ4n) is 5.86. The van der Waals surface area contributed by atoms with Crippen molar-refractivity contribution in [1.29, 1.82) is 0 Å². The first-order chi connectivity index (χ1) is 25.6. The third-order valence-corrected chi connectivity index (χ3v) is 8.30. The number of hydrogen-bond acceptors (Lipinski definition) is 9. The highest BCUT2D eigenvalue weighted by atomic mass is 16.6. The average Bonchev–Trinajstić information content (AvgIpc) is 3.79. The fraction of sp³-hybridized carbons (Fsp3) is 0.390. The molecule has 1 aliphatic rings. The van der Waals surface area contributed by atoms with E-state index in [9.17, 15) is 24.6 Å². The molecule has 2 aromatic carbocycles. The van der Waals surface area contributed by atoms with E-state index in [2.05, 4.69) is 33.9 Å². The summed E-state index contributed by atoms with van der Waals surface area (Å²) in [6.45, 7) is 10.3. The molecule has 1 aliphatic heterocycles. The van der Waals surface area contributed by atoms with Crippen LogP contribution in [0.1, 0.15) is 63.8 Å². The second kappa shape index (κ2) is 16.8. The van der Waals surface area contributed by atoms with Gasteiger partial charge < -0.3 is 29.5 Å². The van der Waals surface area contributed by atoms with Crippen molar-refractivity contribution >= 4 is 18.2 Å². The van der Waals surface area contributed by atoms with E-state index < -0.39 is 53.7 Å². The number of urea groups is 1. The van der Waals surface area contributed by atoms with Gasteiger partial charge in [-0.3, -0.25) is 0 Å². The Labute approximate surface area is 315 Å². The summed E-state index contributed by atoms with van der Waals surface area (Å²) in [5, 5.41) is 31.9. The molecule has 0 radical (unpaired) electrons. The maximum Gasteiger partial charge on any atom is 0.435 e. The fourth-order valence-corrected chi connectivity index (χ4v) is 5.86. The molecule has 2 aromatic heterocycles. The van der Waals surface area contributed by atoms with E-state index >= 15 is 0 Å². The predicted octanol–water partition coefficient (Wildman–Crippen LogP) is 4.73. The lowest BCUT2D eigenvalue weighted by molar-refractivity contribution is -0.0374. The molecule has 5 rings (SSSR count). The van der Waals surface area contributed by atoms with Crippen molar-refractivity contribution in [3.05, 3.63) is 108 Å². The van der Waals surface area contributed by atoms with Crippen molar-refractivity contribution in [2.75, 3.05) is 13.1 Å². The van der Waals surface area contributed by atoms with Gasteiger partial charge in [-0.15, -0.1) is 0 Å². The SMILES string of the molecule is CC(C)(C)OC(=O)n1cc(C#CCN2C(=O)N(CC#Cc3cnn(C(=O)OC(C)(C)C)c3)[C@H](Cc3ccccc3)[C@H](O)[C@@H](O)[C@H]2Cc2ccccc2)cn1. The van der Waals surface area contributed by atoms with Gasteiger partial charge in [0.05, 0.1) is 61.1 Å². The van der Waals surface area contributed by atoms with Crippen LogP contribution in [0, 0.1) is 23.7 Å². The van der Waals surface area contributed by atoms with Crippen LogP contribution in [0.5, 0.6) is 0 Å². The molecule has 0 unspecified atom stereocenters. The van der Waals surface area contributed by atoms with E-state index in [0.717, 1.165) is 20.5 Å². The highest BCUT2D eigenvalue weighted by Gasteiger charge is 2.46. The largest absolute Gasteiger partial charge is 0.442 e. The minimum Gasteiger partial charge on any atom is -0.442 e. The molecule has 282 valence electrons. The van der Waals surface area contributed by atoms with Gasteiger partial charge in [0.2, 0.25) is 0 Å². The molecule has 13 nitrogen and oxygen atoms in total. The van der Waals surface area contributed by atoms with E-state index in [4.69, 9.17) is 9.47 Å². The molecule has 0 aliphatic carbocycles. The Kier molecular flexibility index (Phi) is 12.3. The Morgan fingerprint density at radius 2 is 1.04 bits per heavy atom. The summed E-state index contributed by atoms with van der Waals surface area (Å²) in [6, 6.07) is 16.6. The second-order valence-corrected chi connectivity index (χ2v) is 14.9. The first kappa shape index (κ1) is 39.3. The Morgan fingerprint density at radius 3 is 1.39 bits per heavy atom. The van der Waals surface area contributed by atoms with Gasteiger partial charge in [0, 0.05) is 0 Å². The Balaban J connectivity index is 1.48. The van der Waals surface area contributed by atoms with Gasteiger partial charge in [-0.05, 0) is 65.5 Å². The molecular formula is C41H46N6O7. The molecule has 13 heteroatoms. The zero-order chi connectivity index (χ0) is 39.0. The number of aromatic nitrogens is 4. The van der Waals surface area contributed by atoms with Crippen LogP contribution in [0.4, 0.5) is 14.4 Å². The number of rotatable bonds is 6. The zero-order valence-electron chi connectivity index (χ0n) is 31.3. The molecule has 0 spiro atoms. The van der Waals surface area contributed by atoms with Gasteiger partial charge in [-0.1, -0.05) is 84.3 Å². The Morgan fingerprint density at radius 1 is 0.667 bits per heavy atom. The van der Waals surface area contributed by atoms with Crippen molar-refractivity contribution in [2.45, 2.75) is 89.9 Å². The molecule has 2 N–H and O–H groups in total. The number of carbonyl (C=O) groups is 3. The second-order valence-electron chi connectivity index (χ2n) is 14.9. The maximum absolute atomic E-state index is 14.7. The van der Waals surface area contributed by atoms with Crippen LogP contribution in [0.25, 0.3) is 0 Å². The Bertz CT molecular complexity index is 1900. The van der Waals surface area contributed by atoms with Gasteiger partial charge in [-0.2, -0.15) is 19.6 Å². The molecule has 2 amide bonds. The number of hydrogen-bond donors (Lipinski definition) is 2. The number of benzene rings is 2. The first-order valence-electron chi connectivity index (χ1n) is 17.6. The maximum atomic E-state index is 14.7. The topological polar surface area (TPSA) is 152 Å². The van der Waals surface area contributed by atoms with Crippen molar-refractivity contribution in [3.8, 4) is 23.7 Å². The molecule has 0 saturated carbocycles. The molecule has 1 saturated heterocycles. The summed E-state index contributed by atoms with van der Waals surface area (Å²) in [5.74, 6) is 12.0. The van der Waals surface area contributed by atoms with E-state index in [0.29, 0.717) is 11.1 Å². The third kappa shape index (κ3) is 10.6. The van der Waals surface area contributed by atoms with E-state index in [1.807, 2.05) is 60.7 Å². The lowest BCUT2D eigenvalue weighted by Crippen LogP contribution is -2.51. The average molecular weight is 735 g/mol. The predicted molar refractivity (Wildman–Crippen MR) is 200 cm³/mol. The van der Waals surface area contributed by atoms with Gasteiger partial charge in [0.25, 0.3) is 0 Å². The molecule has 1 fully saturated rings. The van der Waals surface area contributed by atoms with Crippen LogP contribution in [0.3, 0.4) is 0 Å². The summed E-state index contributed by atoms with van der Waals surface area (Å²) < 4.78 is 12.9. The van der Waals surface area contributed by atoms with Crippen LogP contribution >= 0.6 is 0 Å². The number of aliphatic hydroxyl groups excluding tert-OH is 2. The minimum atomic E-state index is -1.36. The van der Waals surface area contributed by atoms with Crippen molar-refractivity contribution in [3.63, 3.8) is 0 Å². The van der Waals surface area contributed by atoms with Crippen LogP contribution in [-0.2, 0) is 22.3 Å². The van der Waals surface area contributed by atoms with Crippen LogP contribution < -0.4 is 0 Å². The van der Waals surface area contributed by atoms with Crippen molar-refractivity contribution in [1.82, 2.24) is 29.4 Å². The molecular weight excluding hydrogens is 688 g/mol. The third-order valence-electron chi connectivity index (χ3n) is 8.30. The standard InChI is InChI=1S/C41H46N6O7/c1-40(2,3)53-38(51)46-27-31(25-42-46)19-13-21-44-33(23-29-15-9-7-10-16-29)35(48)36(49)34(24-30-17-11-8-12-18-30)45(37(44)50)22-14-20-32-26-43-47(28-32)39(52)54-41(4,5)6/h7-12,15-18,25-28,33-36,48-49H,21-24H2,1-6H3/t33-,34-,35+,36+/m1/s1. The quantitative estimate of drug-likeness (QED) is 0.268. The van der Waals surface area contributed by atoms with E-state index in [-0.39, 0.29) is 25.9 Å². The normalized spacial score (nSPS) is 18.9.